The van der Waals surface area contributed by atoms with Gasteiger partial charge in [0, 0.05) is 17.8 Å². The molecule has 0 bridgehead atoms. The van der Waals surface area contributed by atoms with Crippen LogP contribution in [0, 0.1) is 5.82 Å². The average molecular weight is 327 g/mol. The summed E-state index contributed by atoms with van der Waals surface area (Å²) in [5, 5.41) is 0. The van der Waals surface area contributed by atoms with Crippen molar-refractivity contribution in [2.75, 3.05) is 0 Å². The lowest BCUT2D eigenvalue weighted by Crippen LogP contribution is -2.26. The van der Waals surface area contributed by atoms with E-state index >= 15 is 0 Å². The van der Waals surface area contributed by atoms with E-state index in [2.05, 4.69) is 0 Å². The monoisotopic (exact) mass is 327 g/mol. The predicted molar refractivity (Wildman–Crippen MR) is 86.5 cm³/mol. The van der Waals surface area contributed by atoms with Crippen molar-refractivity contribution < 1.29 is 13.9 Å². The van der Waals surface area contributed by atoms with Crippen LogP contribution in [0.2, 0.25) is 0 Å². The third-order valence-electron chi connectivity index (χ3n) is 4.96. The zero-order valence-corrected chi connectivity index (χ0v) is 13.4. The average Bonchev–Trinajstić information content (AvgIpc) is 3.35. The van der Waals surface area contributed by atoms with E-state index in [0.717, 1.165) is 18.4 Å². The van der Waals surface area contributed by atoms with Gasteiger partial charge in [0.05, 0.1) is 0 Å². The van der Waals surface area contributed by atoms with Crippen molar-refractivity contribution in [3.63, 3.8) is 0 Å². The fourth-order valence-corrected chi connectivity index (χ4v) is 3.36. The normalized spacial score (nSPS) is 22.3. The maximum Gasteiger partial charge on any atom is 0.345 e. The molecule has 1 aliphatic carbocycles. The molecule has 1 atom stereocenters. The molecular weight excluding hydrogens is 309 g/mol. The van der Waals surface area contributed by atoms with Crippen molar-refractivity contribution >= 4 is 5.97 Å². The number of pyridine rings is 1. The number of nitrogens with zero attached hydrogens (tertiary/aromatic N) is 1. The van der Waals surface area contributed by atoms with E-state index in [1.54, 1.807) is 22.9 Å². The van der Waals surface area contributed by atoms with E-state index in [9.17, 15) is 14.0 Å². The molecule has 1 fully saturated rings. The van der Waals surface area contributed by atoms with Gasteiger partial charge in [-0.2, -0.15) is 0 Å². The molecule has 0 saturated heterocycles. The largest absolute Gasteiger partial charge is 0.451 e. The lowest BCUT2D eigenvalue weighted by Gasteiger charge is -2.24. The van der Waals surface area contributed by atoms with Crippen LogP contribution in [0.15, 0.2) is 41.3 Å². The Labute approximate surface area is 138 Å². The molecule has 1 unspecified atom stereocenters. The molecule has 1 saturated carbocycles. The first-order valence-electron chi connectivity index (χ1n) is 8.21. The number of fused-ring (bicyclic) bond motifs is 1. The number of carbonyl (C=O) groups is 1. The third-order valence-corrected chi connectivity index (χ3v) is 4.96. The fourth-order valence-electron chi connectivity index (χ4n) is 3.36. The second-order valence-corrected chi connectivity index (χ2v) is 6.79. The molecular formula is C19H18FNO3. The minimum atomic E-state index is -0.817. The van der Waals surface area contributed by atoms with Crippen LogP contribution in [0.25, 0.3) is 0 Å². The molecule has 2 aromatic rings. The van der Waals surface area contributed by atoms with Crippen molar-refractivity contribution in [3.05, 3.63) is 69.4 Å². The van der Waals surface area contributed by atoms with Crippen LogP contribution >= 0.6 is 0 Å². The summed E-state index contributed by atoms with van der Waals surface area (Å²) in [7, 11) is 0. The lowest BCUT2D eigenvalue weighted by molar-refractivity contribution is -0.00292. The van der Waals surface area contributed by atoms with Gasteiger partial charge in [-0.3, -0.25) is 4.79 Å². The molecule has 4 nitrogen and oxygen atoms in total. The van der Waals surface area contributed by atoms with Crippen LogP contribution in [-0.4, -0.2) is 10.5 Å². The van der Waals surface area contributed by atoms with Crippen molar-refractivity contribution in [2.45, 2.75) is 44.2 Å². The minimum Gasteiger partial charge on any atom is -0.451 e. The summed E-state index contributed by atoms with van der Waals surface area (Å²) in [5.74, 6) is -0.810. The Morgan fingerprint density at radius 2 is 1.92 bits per heavy atom. The van der Waals surface area contributed by atoms with E-state index in [1.165, 1.54) is 12.1 Å². The maximum absolute atomic E-state index is 13.0. The molecule has 0 N–H and O–H groups in total. The van der Waals surface area contributed by atoms with Crippen LogP contribution in [0.1, 0.15) is 53.7 Å². The van der Waals surface area contributed by atoms with Crippen molar-refractivity contribution in [1.29, 1.82) is 0 Å². The summed E-state index contributed by atoms with van der Waals surface area (Å²) < 4.78 is 20.2. The summed E-state index contributed by atoms with van der Waals surface area (Å²) >= 11 is 0. The highest BCUT2D eigenvalue weighted by Crippen LogP contribution is 2.40. The standard InChI is InChI=1S/C19H18FNO3/c1-19(10-8-12-2-4-13(20)5-3-12)15-9-11-21(14-6-7-14)17(22)16(15)18(23)24-19/h2-5,9,11,14H,6-8,10H2,1H3. The Morgan fingerprint density at radius 1 is 1.21 bits per heavy atom. The number of aromatic nitrogens is 1. The second-order valence-electron chi connectivity index (χ2n) is 6.79. The molecule has 1 aromatic heterocycles. The van der Waals surface area contributed by atoms with Crippen LogP contribution in [0.4, 0.5) is 4.39 Å². The first-order valence-corrected chi connectivity index (χ1v) is 8.21. The zero-order chi connectivity index (χ0) is 16.9. The van der Waals surface area contributed by atoms with E-state index < -0.39 is 11.6 Å². The zero-order valence-electron chi connectivity index (χ0n) is 13.4. The van der Waals surface area contributed by atoms with Gasteiger partial charge < -0.3 is 9.30 Å². The highest BCUT2D eigenvalue weighted by atomic mass is 19.1. The van der Waals surface area contributed by atoms with Crippen LogP contribution in [0.5, 0.6) is 0 Å². The predicted octanol–water partition coefficient (Wildman–Crippen LogP) is 3.34. The maximum atomic E-state index is 13.0. The van der Waals surface area contributed by atoms with Crippen LogP contribution in [0.3, 0.4) is 0 Å². The summed E-state index contributed by atoms with van der Waals surface area (Å²) in [5.41, 5.74) is 0.740. The molecule has 4 rings (SSSR count). The highest BCUT2D eigenvalue weighted by Gasteiger charge is 2.44. The Balaban J connectivity index is 1.63. The van der Waals surface area contributed by atoms with Gasteiger partial charge in [-0.05, 0) is 56.4 Å². The van der Waals surface area contributed by atoms with Gasteiger partial charge in [-0.1, -0.05) is 12.1 Å². The molecule has 1 aliphatic heterocycles. The van der Waals surface area contributed by atoms with Gasteiger partial charge >= 0.3 is 5.97 Å². The van der Waals surface area contributed by atoms with Gasteiger partial charge in [0.15, 0.2) is 0 Å². The van der Waals surface area contributed by atoms with Gasteiger partial charge in [0.25, 0.3) is 5.56 Å². The van der Waals surface area contributed by atoms with Crippen LogP contribution < -0.4 is 5.56 Å². The molecule has 0 amide bonds. The lowest BCUT2D eigenvalue weighted by atomic mass is 9.89. The van der Waals surface area contributed by atoms with E-state index in [-0.39, 0.29) is 23.0 Å². The smallest absolute Gasteiger partial charge is 0.345 e. The fraction of sp³-hybridized carbons (Fsp3) is 0.368. The topological polar surface area (TPSA) is 48.3 Å². The Hall–Kier alpha value is -2.43. The van der Waals surface area contributed by atoms with Crippen molar-refractivity contribution in [1.82, 2.24) is 4.57 Å². The third kappa shape index (κ3) is 2.44. The molecule has 2 heterocycles. The Bertz CT molecular complexity index is 867. The molecule has 0 radical (unpaired) electrons. The first kappa shape index (κ1) is 15.1. The second kappa shape index (κ2) is 5.30. The van der Waals surface area contributed by atoms with Crippen LogP contribution in [-0.2, 0) is 16.8 Å². The van der Waals surface area contributed by atoms with E-state index in [4.69, 9.17) is 4.74 Å². The number of esters is 1. The number of rotatable bonds is 4. The number of hydrogen-bond donors (Lipinski definition) is 0. The molecule has 24 heavy (non-hydrogen) atoms. The molecule has 0 spiro atoms. The van der Waals surface area contributed by atoms with E-state index in [0.29, 0.717) is 18.4 Å². The number of benzene rings is 1. The number of hydrogen-bond acceptors (Lipinski definition) is 3. The summed E-state index contributed by atoms with van der Waals surface area (Å²) in [6.45, 7) is 1.83. The summed E-state index contributed by atoms with van der Waals surface area (Å²) in [6, 6.07) is 8.34. The number of aryl methyl sites for hydroxylation is 1. The summed E-state index contributed by atoms with van der Waals surface area (Å²) in [4.78, 5) is 24.8. The molecule has 2 aliphatic rings. The first-order chi connectivity index (χ1) is 11.5. The molecule has 5 heteroatoms. The van der Waals surface area contributed by atoms with Gasteiger partial charge in [0.1, 0.15) is 17.0 Å². The van der Waals surface area contributed by atoms with E-state index in [1.807, 2.05) is 13.0 Å². The number of carbonyl (C=O) groups excluding carboxylic acids is 1. The quantitative estimate of drug-likeness (QED) is 0.809. The van der Waals surface area contributed by atoms with Gasteiger partial charge in [-0.25, -0.2) is 9.18 Å². The van der Waals surface area contributed by atoms with Crippen molar-refractivity contribution in [3.8, 4) is 0 Å². The molecule has 1 aromatic carbocycles. The number of cyclic esters (lactones) is 1. The number of ether oxygens (including phenoxy) is 1. The van der Waals surface area contributed by atoms with Crippen molar-refractivity contribution in [2.24, 2.45) is 0 Å². The Kier molecular flexibility index (Phi) is 3.34. The Morgan fingerprint density at radius 3 is 2.58 bits per heavy atom. The number of halogens is 1. The SMILES string of the molecule is CC1(CCc2ccc(F)cc2)OC(=O)c2c1ccn(C1CC1)c2=O. The van der Waals surface area contributed by atoms with Gasteiger partial charge in [-0.15, -0.1) is 0 Å². The highest BCUT2D eigenvalue weighted by molar-refractivity contribution is 5.94. The molecule has 124 valence electrons. The summed E-state index contributed by atoms with van der Waals surface area (Å²) in [6.07, 6.45) is 4.92. The minimum absolute atomic E-state index is 0.172. The van der Waals surface area contributed by atoms with Gasteiger partial charge in [0.2, 0.25) is 0 Å².